The average molecular weight is 336 g/mol. The van der Waals surface area contributed by atoms with Crippen LogP contribution in [0.5, 0.6) is 11.5 Å². The lowest BCUT2D eigenvalue weighted by Crippen LogP contribution is -2.03. The normalized spacial score (nSPS) is 10.2. The third-order valence-electron chi connectivity index (χ3n) is 3.64. The molecule has 0 fully saturated rings. The third kappa shape index (κ3) is 4.38. The molecule has 0 atom stereocenters. The molecule has 0 bridgehead atoms. The zero-order valence-corrected chi connectivity index (χ0v) is 14.2. The van der Waals surface area contributed by atoms with E-state index in [0.29, 0.717) is 23.9 Å². The number of benzene rings is 2. The van der Waals surface area contributed by atoms with Crippen molar-refractivity contribution < 1.29 is 9.47 Å². The maximum absolute atomic E-state index is 5.32. The molecule has 0 unspecified atom stereocenters. The van der Waals surface area contributed by atoms with Crippen LogP contribution in [0.3, 0.4) is 0 Å². The Balaban J connectivity index is 1.69. The Bertz CT molecular complexity index is 825. The van der Waals surface area contributed by atoms with E-state index in [4.69, 9.17) is 9.47 Å². The Kier molecular flexibility index (Phi) is 5.31. The van der Waals surface area contributed by atoms with E-state index >= 15 is 0 Å². The summed E-state index contributed by atoms with van der Waals surface area (Å²) in [4.78, 5) is 8.50. The largest absolute Gasteiger partial charge is 0.493 e. The SMILES string of the molecule is COc1ccc(Nc2cc(NCc3ccccc3)ncn2)cc1OC. The molecule has 0 saturated carbocycles. The van der Waals surface area contributed by atoms with Gasteiger partial charge in [0.1, 0.15) is 18.0 Å². The van der Waals surface area contributed by atoms with Crippen LogP contribution in [0, 0.1) is 0 Å². The van der Waals surface area contributed by atoms with E-state index in [1.54, 1.807) is 14.2 Å². The fourth-order valence-electron chi connectivity index (χ4n) is 2.37. The second-order valence-electron chi connectivity index (χ2n) is 5.32. The highest BCUT2D eigenvalue weighted by Crippen LogP contribution is 2.30. The zero-order valence-electron chi connectivity index (χ0n) is 14.2. The minimum atomic E-state index is 0.656. The molecule has 0 radical (unpaired) electrons. The van der Waals surface area contributed by atoms with Gasteiger partial charge in [0.05, 0.1) is 14.2 Å². The molecule has 0 aliphatic heterocycles. The van der Waals surface area contributed by atoms with Gasteiger partial charge in [0.15, 0.2) is 11.5 Å². The molecule has 0 aliphatic rings. The summed E-state index contributed by atoms with van der Waals surface area (Å²) in [5.41, 5.74) is 2.04. The highest BCUT2D eigenvalue weighted by atomic mass is 16.5. The van der Waals surface area contributed by atoms with Crippen LogP contribution < -0.4 is 20.1 Å². The zero-order chi connectivity index (χ0) is 17.5. The number of aromatic nitrogens is 2. The minimum Gasteiger partial charge on any atom is -0.493 e. The van der Waals surface area contributed by atoms with E-state index in [2.05, 4.69) is 32.7 Å². The molecule has 1 heterocycles. The number of ether oxygens (including phenoxy) is 2. The second-order valence-corrected chi connectivity index (χ2v) is 5.32. The fraction of sp³-hybridized carbons (Fsp3) is 0.158. The van der Waals surface area contributed by atoms with Gasteiger partial charge in [-0.2, -0.15) is 0 Å². The maximum atomic E-state index is 5.32. The number of rotatable bonds is 7. The summed E-state index contributed by atoms with van der Waals surface area (Å²) in [5, 5.41) is 6.53. The lowest BCUT2D eigenvalue weighted by atomic mass is 10.2. The lowest BCUT2D eigenvalue weighted by Gasteiger charge is -2.11. The number of hydrogen-bond acceptors (Lipinski definition) is 6. The number of methoxy groups -OCH3 is 2. The second kappa shape index (κ2) is 8.01. The highest BCUT2D eigenvalue weighted by molar-refractivity contribution is 5.62. The molecule has 3 aromatic rings. The minimum absolute atomic E-state index is 0.656. The van der Waals surface area contributed by atoms with Crippen molar-refractivity contribution in [3.8, 4) is 11.5 Å². The van der Waals surface area contributed by atoms with Crippen LogP contribution in [0.4, 0.5) is 17.3 Å². The van der Waals surface area contributed by atoms with Crippen LogP contribution in [0.25, 0.3) is 0 Å². The van der Waals surface area contributed by atoms with Gasteiger partial charge in [-0.1, -0.05) is 30.3 Å². The van der Waals surface area contributed by atoms with Crippen LogP contribution >= 0.6 is 0 Å². The summed E-state index contributed by atoms with van der Waals surface area (Å²) >= 11 is 0. The molecule has 1 aromatic heterocycles. The van der Waals surface area contributed by atoms with Crippen LogP contribution in [0.1, 0.15) is 5.56 Å². The summed E-state index contributed by atoms with van der Waals surface area (Å²) in [6.07, 6.45) is 1.52. The average Bonchev–Trinajstić information content (AvgIpc) is 2.67. The van der Waals surface area contributed by atoms with E-state index in [9.17, 15) is 0 Å². The first kappa shape index (κ1) is 16.6. The summed E-state index contributed by atoms with van der Waals surface area (Å²) in [6.45, 7) is 0.702. The van der Waals surface area contributed by atoms with Gasteiger partial charge in [-0.3, -0.25) is 0 Å². The van der Waals surface area contributed by atoms with Crippen molar-refractivity contribution in [3.63, 3.8) is 0 Å². The summed E-state index contributed by atoms with van der Waals surface area (Å²) < 4.78 is 10.6. The fourth-order valence-corrected chi connectivity index (χ4v) is 2.37. The maximum Gasteiger partial charge on any atom is 0.162 e. The summed E-state index contributed by atoms with van der Waals surface area (Å²) in [5.74, 6) is 2.78. The van der Waals surface area contributed by atoms with Gasteiger partial charge in [0.2, 0.25) is 0 Å². The van der Waals surface area contributed by atoms with Crippen LogP contribution in [-0.4, -0.2) is 24.2 Å². The molecule has 3 rings (SSSR count). The van der Waals surface area contributed by atoms with Crippen molar-refractivity contribution in [3.05, 3.63) is 66.5 Å². The molecule has 2 N–H and O–H groups in total. The van der Waals surface area contributed by atoms with Gasteiger partial charge in [0, 0.05) is 24.4 Å². The first-order valence-corrected chi connectivity index (χ1v) is 7.87. The molecule has 2 aromatic carbocycles. The monoisotopic (exact) mass is 336 g/mol. The van der Waals surface area contributed by atoms with E-state index in [0.717, 1.165) is 11.5 Å². The lowest BCUT2D eigenvalue weighted by molar-refractivity contribution is 0.355. The Morgan fingerprint density at radius 3 is 2.36 bits per heavy atom. The molecular formula is C19H20N4O2. The molecular weight excluding hydrogens is 316 g/mol. The van der Waals surface area contributed by atoms with Crippen molar-refractivity contribution in [1.82, 2.24) is 9.97 Å². The summed E-state index contributed by atoms with van der Waals surface area (Å²) in [7, 11) is 3.22. The standard InChI is InChI=1S/C19H20N4O2/c1-24-16-9-8-15(10-17(16)25-2)23-19-11-18(21-13-22-19)20-12-14-6-4-3-5-7-14/h3-11,13H,12H2,1-2H3,(H2,20,21,22,23). The number of anilines is 3. The highest BCUT2D eigenvalue weighted by Gasteiger charge is 2.06. The summed E-state index contributed by atoms with van der Waals surface area (Å²) in [6, 6.07) is 17.6. The van der Waals surface area contributed by atoms with E-state index in [1.165, 1.54) is 11.9 Å². The van der Waals surface area contributed by atoms with Gasteiger partial charge in [-0.15, -0.1) is 0 Å². The van der Waals surface area contributed by atoms with Crippen molar-refractivity contribution in [2.45, 2.75) is 6.54 Å². The molecule has 0 spiro atoms. The Hall–Kier alpha value is -3.28. The van der Waals surface area contributed by atoms with Gasteiger partial charge in [-0.25, -0.2) is 9.97 Å². The topological polar surface area (TPSA) is 68.3 Å². The first-order chi connectivity index (χ1) is 12.3. The number of nitrogens with zero attached hydrogens (tertiary/aromatic N) is 2. The molecule has 6 heteroatoms. The number of hydrogen-bond donors (Lipinski definition) is 2. The third-order valence-corrected chi connectivity index (χ3v) is 3.64. The van der Waals surface area contributed by atoms with E-state index < -0.39 is 0 Å². The van der Waals surface area contributed by atoms with Crippen LogP contribution in [0.15, 0.2) is 60.9 Å². The van der Waals surface area contributed by atoms with E-state index in [-0.39, 0.29) is 0 Å². The van der Waals surface area contributed by atoms with Gasteiger partial charge in [-0.05, 0) is 17.7 Å². The smallest absolute Gasteiger partial charge is 0.162 e. The van der Waals surface area contributed by atoms with Gasteiger partial charge >= 0.3 is 0 Å². The molecule has 6 nitrogen and oxygen atoms in total. The van der Waals surface area contributed by atoms with Crippen LogP contribution in [-0.2, 0) is 6.54 Å². The molecule has 0 aliphatic carbocycles. The molecule has 25 heavy (non-hydrogen) atoms. The Morgan fingerprint density at radius 2 is 1.60 bits per heavy atom. The quantitative estimate of drug-likeness (QED) is 0.683. The predicted octanol–water partition coefficient (Wildman–Crippen LogP) is 3.85. The van der Waals surface area contributed by atoms with Crippen LogP contribution in [0.2, 0.25) is 0 Å². The van der Waals surface area contributed by atoms with E-state index in [1.807, 2.05) is 42.5 Å². The molecule has 0 saturated heterocycles. The first-order valence-electron chi connectivity index (χ1n) is 7.87. The van der Waals surface area contributed by atoms with Crippen molar-refractivity contribution in [1.29, 1.82) is 0 Å². The van der Waals surface area contributed by atoms with Crippen molar-refractivity contribution >= 4 is 17.3 Å². The van der Waals surface area contributed by atoms with Crippen molar-refractivity contribution in [2.24, 2.45) is 0 Å². The molecule has 128 valence electrons. The van der Waals surface area contributed by atoms with Gasteiger partial charge < -0.3 is 20.1 Å². The molecule has 0 amide bonds. The Morgan fingerprint density at radius 1 is 0.840 bits per heavy atom. The Labute approximate surface area is 146 Å². The van der Waals surface area contributed by atoms with Gasteiger partial charge in [0.25, 0.3) is 0 Å². The number of nitrogens with one attached hydrogen (secondary N) is 2. The van der Waals surface area contributed by atoms with Crippen molar-refractivity contribution in [2.75, 3.05) is 24.9 Å². The predicted molar refractivity (Wildman–Crippen MR) is 98.6 cm³/mol.